The Hall–Kier alpha value is -5.72. The molecule has 4 amide bonds. The molecule has 2 aliphatic rings. The number of carbonyl (C=O) groups is 4. The summed E-state index contributed by atoms with van der Waals surface area (Å²) >= 11 is 0. The Labute approximate surface area is 252 Å². The average molecular weight is 595 g/mol. The number of Topliss-reactive ketones (excluding diaryl/α,β-unsaturated/α-hetero) is 1. The molecule has 6 rings (SSSR count). The summed E-state index contributed by atoms with van der Waals surface area (Å²) in [7, 11) is 1.89. The van der Waals surface area contributed by atoms with Crippen molar-refractivity contribution in [1.82, 2.24) is 19.9 Å². The van der Waals surface area contributed by atoms with E-state index in [2.05, 4.69) is 30.8 Å². The second-order valence-corrected chi connectivity index (χ2v) is 10.6. The van der Waals surface area contributed by atoms with Gasteiger partial charge in [-0.3, -0.25) is 19.4 Å². The first-order valence-electron chi connectivity index (χ1n) is 14.1. The molecule has 1 fully saturated rings. The molecule has 0 atom stereocenters. The fourth-order valence-corrected chi connectivity index (χ4v) is 5.53. The van der Waals surface area contributed by atoms with Gasteiger partial charge in [-0.15, -0.1) is 0 Å². The van der Waals surface area contributed by atoms with Gasteiger partial charge in [0.2, 0.25) is 17.6 Å². The number of nitrogens with one attached hydrogen (secondary N) is 3. The molecule has 0 spiro atoms. The highest BCUT2D eigenvalue weighted by molar-refractivity contribution is 6.16. The molecule has 3 aromatic heterocycles. The van der Waals surface area contributed by atoms with E-state index >= 15 is 0 Å². The number of ether oxygens (including phenoxy) is 1. The highest BCUT2D eigenvalue weighted by Crippen LogP contribution is 2.37. The molecule has 1 aromatic carbocycles. The van der Waals surface area contributed by atoms with Gasteiger partial charge in [0, 0.05) is 67.0 Å². The number of amides is 4. The SMILES string of the molecule is Cn1cc(C=C2Oc3ccc(NC(=O)Nc4cccnc4)cc3C2=O)c2c(N3CCC(C(=O)NCC(N)=O)CC3)ccnc21. The van der Waals surface area contributed by atoms with Crippen LogP contribution in [0.15, 0.2) is 66.9 Å². The van der Waals surface area contributed by atoms with Gasteiger partial charge in [-0.05, 0) is 55.3 Å². The van der Waals surface area contributed by atoms with E-state index in [0.29, 0.717) is 48.6 Å². The first kappa shape index (κ1) is 28.4. The number of aryl methyl sites for hydroxylation is 1. The van der Waals surface area contributed by atoms with E-state index in [-0.39, 0.29) is 29.9 Å². The van der Waals surface area contributed by atoms with Crippen molar-refractivity contribution in [2.75, 3.05) is 35.2 Å². The Balaban J connectivity index is 1.20. The topological polar surface area (TPSA) is 174 Å². The monoisotopic (exact) mass is 594 g/mol. The number of rotatable bonds is 7. The van der Waals surface area contributed by atoms with E-state index in [4.69, 9.17) is 10.5 Å². The number of hydrogen-bond donors (Lipinski definition) is 4. The summed E-state index contributed by atoms with van der Waals surface area (Å²) in [6.45, 7) is 1.09. The van der Waals surface area contributed by atoms with Gasteiger partial charge in [-0.2, -0.15) is 0 Å². The number of pyridine rings is 2. The molecule has 13 heteroatoms. The first-order chi connectivity index (χ1) is 21.3. The summed E-state index contributed by atoms with van der Waals surface area (Å²) in [6, 6.07) is 9.78. The molecule has 5 heterocycles. The van der Waals surface area contributed by atoms with Crippen molar-refractivity contribution in [2.45, 2.75) is 12.8 Å². The number of aromatic nitrogens is 3. The number of carbonyl (C=O) groups excluding carboxylic acids is 4. The number of urea groups is 1. The lowest BCUT2D eigenvalue weighted by Crippen LogP contribution is -2.42. The number of ketones is 1. The van der Waals surface area contributed by atoms with E-state index in [1.807, 2.05) is 23.9 Å². The normalized spacial score (nSPS) is 15.6. The van der Waals surface area contributed by atoms with E-state index in [1.165, 1.54) is 6.20 Å². The van der Waals surface area contributed by atoms with Gasteiger partial charge in [-0.25, -0.2) is 9.78 Å². The summed E-state index contributed by atoms with van der Waals surface area (Å²) in [6.07, 6.45) is 9.72. The van der Waals surface area contributed by atoms with Crippen molar-refractivity contribution in [1.29, 1.82) is 0 Å². The summed E-state index contributed by atoms with van der Waals surface area (Å²) < 4.78 is 7.85. The van der Waals surface area contributed by atoms with Crippen LogP contribution in [0.4, 0.5) is 21.9 Å². The molecule has 44 heavy (non-hydrogen) atoms. The molecule has 0 bridgehead atoms. The molecule has 0 aliphatic carbocycles. The Kier molecular flexibility index (Phi) is 7.67. The van der Waals surface area contributed by atoms with Gasteiger partial charge in [0.15, 0.2) is 5.76 Å². The third-order valence-electron chi connectivity index (χ3n) is 7.64. The molecule has 5 N–H and O–H groups in total. The summed E-state index contributed by atoms with van der Waals surface area (Å²) in [5, 5.41) is 8.88. The van der Waals surface area contributed by atoms with Crippen LogP contribution < -0.4 is 31.3 Å². The zero-order valence-electron chi connectivity index (χ0n) is 23.9. The fraction of sp³-hybridized carbons (Fsp3) is 0.226. The third kappa shape index (κ3) is 5.79. The summed E-state index contributed by atoms with van der Waals surface area (Å²) in [4.78, 5) is 60.1. The lowest BCUT2D eigenvalue weighted by atomic mass is 9.95. The highest BCUT2D eigenvalue weighted by atomic mass is 16.5. The van der Waals surface area contributed by atoms with Gasteiger partial charge < -0.3 is 35.9 Å². The number of hydrogen-bond acceptors (Lipinski definition) is 8. The standard InChI is InChI=1S/C31H30N8O5/c1-38-17-19(27-23(6-10-34-29(27)38)39-11-7-18(8-12-39)30(42)35-16-26(32)40)13-25-28(41)22-14-20(4-5-24(22)44-25)36-31(43)37-21-3-2-9-33-15-21/h2-6,9-10,13-15,17-18H,7-8,11-12,16H2,1H3,(H2,32,40)(H,35,42)(H2,36,37,43). The van der Waals surface area contributed by atoms with Crippen LogP contribution in [-0.4, -0.2) is 57.8 Å². The smallest absolute Gasteiger partial charge is 0.323 e. The Morgan fingerprint density at radius 1 is 1.09 bits per heavy atom. The number of primary amides is 1. The molecule has 0 unspecified atom stereocenters. The van der Waals surface area contributed by atoms with Crippen LogP contribution in [0.2, 0.25) is 0 Å². The van der Waals surface area contributed by atoms with Crippen molar-refractivity contribution in [3.05, 3.63) is 78.1 Å². The summed E-state index contributed by atoms with van der Waals surface area (Å²) in [5.74, 6) is -0.697. The van der Waals surface area contributed by atoms with Gasteiger partial charge in [0.05, 0.1) is 24.0 Å². The minimum absolute atomic E-state index is 0.157. The molecule has 0 radical (unpaired) electrons. The number of allylic oxidation sites excluding steroid dienone is 1. The van der Waals surface area contributed by atoms with E-state index < -0.39 is 11.9 Å². The fourth-order valence-electron chi connectivity index (χ4n) is 5.53. The Bertz CT molecular complexity index is 1810. The maximum Gasteiger partial charge on any atom is 0.323 e. The molecule has 2 aliphatic heterocycles. The molecule has 224 valence electrons. The van der Waals surface area contributed by atoms with Crippen molar-refractivity contribution < 1.29 is 23.9 Å². The van der Waals surface area contributed by atoms with E-state index in [9.17, 15) is 19.2 Å². The number of piperidine rings is 1. The lowest BCUT2D eigenvalue weighted by molar-refractivity contribution is -0.128. The number of benzene rings is 1. The second kappa shape index (κ2) is 11.9. The van der Waals surface area contributed by atoms with E-state index in [0.717, 1.165) is 22.3 Å². The minimum atomic E-state index is -0.574. The molecule has 4 aromatic rings. The second-order valence-electron chi connectivity index (χ2n) is 10.6. The van der Waals surface area contributed by atoms with Gasteiger partial charge in [0.1, 0.15) is 11.4 Å². The minimum Gasteiger partial charge on any atom is -0.452 e. The van der Waals surface area contributed by atoms with Crippen LogP contribution in [0.5, 0.6) is 5.75 Å². The van der Waals surface area contributed by atoms with Crippen LogP contribution in [0.25, 0.3) is 17.1 Å². The number of anilines is 3. The maximum absolute atomic E-state index is 13.4. The van der Waals surface area contributed by atoms with Crippen molar-refractivity contribution >= 4 is 57.8 Å². The van der Waals surface area contributed by atoms with Crippen LogP contribution in [0.3, 0.4) is 0 Å². The van der Waals surface area contributed by atoms with Crippen molar-refractivity contribution in [3.63, 3.8) is 0 Å². The predicted octanol–water partition coefficient (Wildman–Crippen LogP) is 3.05. The Morgan fingerprint density at radius 2 is 1.89 bits per heavy atom. The van der Waals surface area contributed by atoms with Crippen molar-refractivity contribution in [3.8, 4) is 5.75 Å². The molecular formula is C31H30N8O5. The zero-order chi connectivity index (χ0) is 30.8. The average Bonchev–Trinajstić information content (AvgIpc) is 3.51. The first-order valence-corrected chi connectivity index (χ1v) is 14.1. The highest BCUT2D eigenvalue weighted by Gasteiger charge is 2.30. The number of fused-ring (bicyclic) bond motifs is 2. The van der Waals surface area contributed by atoms with Crippen LogP contribution >= 0.6 is 0 Å². The molecule has 0 saturated carbocycles. The molecule has 1 saturated heterocycles. The third-order valence-corrected chi connectivity index (χ3v) is 7.64. The largest absolute Gasteiger partial charge is 0.452 e. The predicted molar refractivity (Wildman–Crippen MR) is 164 cm³/mol. The lowest BCUT2D eigenvalue weighted by Gasteiger charge is -2.33. The maximum atomic E-state index is 13.4. The van der Waals surface area contributed by atoms with Crippen LogP contribution in [0, 0.1) is 5.92 Å². The van der Waals surface area contributed by atoms with Crippen LogP contribution in [-0.2, 0) is 16.6 Å². The summed E-state index contributed by atoms with van der Waals surface area (Å²) in [5.41, 5.74) is 8.90. The number of nitrogens with zero attached hydrogens (tertiary/aromatic N) is 4. The van der Waals surface area contributed by atoms with Crippen molar-refractivity contribution in [2.24, 2.45) is 18.7 Å². The Morgan fingerprint density at radius 3 is 2.64 bits per heavy atom. The molecule has 13 nitrogen and oxygen atoms in total. The van der Waals surface area contributed by atoms with Gasteiger partial charge in [0.25, 0.3) is 0 Å². The zero-order valence-corrected chi connectivity index (χ0v) is 23.9. The van der Waals surface area contributed by atoms with E-state index in [1.54, 1.807) is 48.8 Å². The van der Waals surface area contributed by atoms with Gasteiger partial charge in [-0.1, -0.05) is 0 Å². The van der Waals surface area contributed by atoms with Crippen LogP contribution in [0.1, 0.15) is 28.8 Å². The molecular weight excluding hydrogens is 564 g/mol. The number of nitrogens with two attached hydrogens (primary N) is 1. The quantitative estimate of drug-likeness (QED) is 0.236. The van der Waals surface area contributed by atoms with Gasteiger partial charge >= 0.3 is 6.03 Å².